The monoisotopic (exact) mass is 194 g/mol. The Morgan fingerprint density at radius 1 is 1.14 bits per heavy atom. The first-order chi connectivity index (χ1) is 6.72. The molecule has 0 unspecified atom stereocenters. The zero-order valence-electron chi connectivity index (χ0n) is 7.91. The van der Waals surface area contributed by atoms with Crippen molar-refractivity contribution in [2.45, 2.75) is 13.0 Å². The molecule has 14 heavy (non-hydrogen) atoms. The fourth-order valence-corrected chi connectivity index (χ4v) is 1.10. The minimum Gasteiger partial charge on any atom is -0.370 e. The van der Waals surface area contributed by atoms with Crippen LogP contribution in [0.15, 0.2) is 29.3 Å². The second-order valence-corrected chi connectivity index (χ2v) is 3.00. The van der Waals surface area contributed by atoms with E-state index in [2.05, 4.69) is 4.99 Å². The largest absolute Gasteiger partial charge is 0.370 e. The van der Waals surface area contributed by atoms with Crippen molar-refractivity contribution >= 4 is 5.96 Å². The molecule has 0 bridgehead atoms. The summed E-state index contributed by atoms with van der Waals surface area (Å²) in [6.45, 7) is 0.144. The van der Waals surface area contributed by atoms with Crippen molar-refractivity contribution in [2.24, 2.45) is 16.5 Å². The van der Waals surface area contributed by atoms with Gasteiger partial charge in [-0.1, -0.05) is 24.3 Å². The molecule has 0 atom stereocenters. The van der Waals surface area contributed by atoms with E-state index in [-0.39, 0.29) is 12.6 Å². The van der Waals surface area contributed by atoms with Crippen LogP contribution >= 0.6 is 0 Å². The number of hydrogen-bond acceptors (Lipinski definition) is 1. The number of aryl methyl sites for hydroxylation is 1. The lowest BCUT2D eigenvalue weighted by molar-refractivity contribution is 0.495. The van der Waals surface area contributed by atoms with Gasteiger partial charge in [-0.15, -0.1) is 0 Å². The summed E-state index contributed by atoms with van der Waals surface area (Å²) in [7, 11) is 0. The van der Waals surface area contributed by atoms with Crippen molar-refractivity contribution in [3.05, 3.63) is 35.4 Å². The van der Waals surface area contributed by atoms with Crippen LogP contribution in [-0.2, 0) is 13.0 Å². The number of rotatable bonds is 4. The summed E-state index contributed by atoms with van der Waals surface area (Å²) in [5, 5.41) is 0. The third-order valence-corrected chi connectivity index (χ3v) is 1.85. The summed E-state index contributed by atoms with van der Waals surface area (Å²) in [6, 6.07) is 7.57. The van der Waals surface area contributed by atoms with Gasteiger partial charge in [-0.05, 0) is 11.1 Å². The lowest BCUT2D eigenvalue weighted by Gasteiger charge is -2.00. The highest BCUT2D eigenvalue weighted by atomic mass is 18.2. The molecule has 0 amide bonds. The van der Waals surface area contributed by atoms with Gasteiger partial charge in [-0.3, -0.25) is 4.39 Å². The van der Waals surface area contributed by atoms with Crippen LogP contribution in [0.2, 0.25) is 0 Å². The molecule has 4 N–H and O–H groups in total. The Balaban J connectivity index is 2.59. The number of hydrogen-bond donors (Lipinski definition) is 2. The van der Waals surface area contributed by atoms with Crippen LogP contribution in [0.3, 0.4) is 0 Å². The summed E-state index contributed by atoms with van der Waals surface area (Å²) in [5.74, 6) is 0.0813. The third kappa shape index (κ3) is 3.43. The minimum absolute atomic E-state index is 0.0813. The Kier molecular flexibility index (Phi) is 3.91. The molecule has 0 saturated carbocycles. The Labute approximate surface area is 82.6 Å². The molecule has 0 fully saturated rings. The average molecular weight is 194 g/mol. The number of alkyl halides is 1. The van der Waals surface area contributed by atoms with Gasteiger partial charge >= 0.3 is 0 Å². The van der Waals surface area contributed by atoms with E-state index >= 15 is 0 Å². The quantitative estimate of drug-likeness (QED) is 0.554. The molecule has 0 aliphatic carbocycles. The number of nitrogens with two attached hydrogens (primary N) is 2. The van der Waals surface area contributed by atoms with Crippen LogP contribution in [0, 0.1) is 0 Å². The summed E-state index contributed by atoms with van der Waals surface area (Å²) in [6.07, 6.45) is 0.461. The normalized spacial score (nSPS) is 9.79. The van der Waals surface area contributed by atoms with Crippen molar-refractivity contribution < 1.29 is 4.39 Å². The van der Waals surface area contributed by atoms with E-state index in [1.54, 1.807) is 0 Å². The molecule has 0 aliphatic rings. The molecular formula is C10H14FN3. The molecule has 1 aromatic carbocycles. The Bertz CT molecular complexity index is 302. The topological polar surface area (TPSA) is 64.4 Å². The molecule has 76 valence electrons. The Morgan fingerprint density at radius 3 is 2.21 bits per heavy atom. The molecule has 4 heteroatoms. The molecule has 3 nitrogen and oxygen atoms in total. The van der Waals surface area contributed by atoms with E-state index in [0.29, 0.717) is 13.0 Å². The van der Waals surface area contributed by atoms with Crippen LogP contribution < -0.4 is 11.5 Å². The molecule has 0 saturated heterocycles. The highest BCUT2D eigenvalue weighted by molar-refractivity contribution is 5.75. The van der Waals surface area contributed by atoms with Gasteiger partial charge in [0.25, 0.3) is 0 Å². The molecule has 1 aromatic rings. The predicted molar refractivity (Wildman–Crippen MR) is 55.6 cm³/mol. The van der Waals surface area contributed by atoms with E-state index < -0.39 is 0 Å². The van der Waals surface area contributed by atoms with Crippen molar-refractivity contribution in [2.75, 3.05) is 6.67 Å². The van der Waals surface area contributed by atoms with Crippen LogP contribution in [0.25, 0.3) is 0 Å². The fraction of sp³-hybridized carbons (Fsp3) is 0.300. The Morgan fingerprint density at radius 2 is 1.71 bits per heavy atom. The van der Waals surface area contributed by atoms with Crippen molar-refractivity contribution in [1.82, 2.24) is 0 Å². The lowest BCUT2D eigenvalue weighted by Crippen LogP contribution is -2.22. The van der Waals surface area contributed by atoms with E-state index in [4.69, 9.17) is 11.5 Å². The number of guanidine groups is 1. The SMILES string of the molecule is NC(N)=NCc1ccc(CC[18F])cc1. The van der Waals surface area contributed by atoms with Crippen molar-refractivity contribution in [3.63, 3.8) is 0 Å². The van der Waals surface area contributed by atoms with Crippen LogP contribution in [0.5, 0.6) is 0 Å². The van der Waals surface area contributed by atoms with Crippen molar-refractivity contribution in [1.29, 1.82) is 0 Å². The first-order valence-electron chi connectivity index (χ1n) is 4.41. The summed E-state index contributed by atoms with van der Waals surface area (Å²) in [5.41, 5.74) is 12.4. The smallest absolute Gasteiger partial charge is 0.186 e. The van der Waals surface area contributed by atoms with Crippen LogP contribution in [0.4, 0.5) is 4.39 Å². The van der Waals surface area contributed by atoms with E-state index in [1.165, 1.54) is 0 Å². The number of benzene rings is 1. The lowest BCUT2D eigenvalue weighted by atomic mass is 10.1. The maximum atomic E-state index is 12.0. The molecule has 0 aromatic heterocycles. The van der Waals surface area contributed by atoms with Gasteiger partial charge in [0.15, 0.2) is 5.96 Å². The highest BCUT2D eigenvalue weighted by Gasteiger charge is 1.94. The van der Waals surface area contributed by atoms with Gasteiger partial charge in [0.05, 0.1) is 13.2 Å². The molecule has 1 rings (SSSR count). The summed E-state index contributed by atoms with van der Waals surface area (Å²) >= 11 is 0. The maximum absolute atomic E-state index is 12.0. The molecular weight excluding hydrogens is 180 g/mol. The first-order valence-corrected chi connectivity index (χ1v) is 4.41. The van der Waals surface area contributed by atoms with Crippen molar-refractivity contribution in [3.8, 4) is 0 Å². The number of nitrogens with zero attached hydrogens (tertiary/aromatic N) is 1. The predicted octanol–water partition coefficient (Wildman–Crippen LogP) is 0.972. The van der Waals surface area contributed by atoms with Gasteiger partial charge in [0, 0.05) is 6.42 Å². The highest BCUT2D eigenvalue weighted by Crippen LogP contribution is 2.06. The zero-order valence-corrected chi connectivity index (χ0v) is 7.91. The minimum atomic E-state index is -0.326. The summed E-state index contributed by atoms with van der Waals surface area (Å²) in [4.78, 5) is 3.87. The second kappa shape index (κ2) is 5.21. The van der Waals surface area contributed by atoms with Gasteiger partial charge in [0.1, 0.15) is 0 Å². The maximum Gasteiger partial charge on any atom is 0.186 e. The average Bonchev–Trinajstić information content (AvgIpc) is 2.17. The molecule has 0 radical (unpaired) electrons. The van der Waals surface area contributed by atoms with Crippen LogP contribution in [0.1, 0.15) is 11.1 Å². The van der Waals surface area contributed by atoms with E-state index in [9.17, 15) is 4.39 Å². The standard InChI is InChI=1S/C10H14FN3/c11-6-5-8-1-3-9(4-2-8)7-14-10(12)13/h1-4H,5-7H2,(H4,12,13,14)/i11-1. The van der Waals surface area contributed by atoms with Gasteiger partial charge in [-0.2, -0.15) is 0 Å². The van der Waals surface area contributed by atoms with E-state index in [1.807, 2.05) is 24.3 Å². The first kappa shape index (κ1) is 10.5. The number of aliphatic imine (C=N–C) groups is 1. The zero-order chi connectivity index (χ0) is 10.4. The third-order valence-electron chi connectivity index (χ3n) is 1.85. The number of halogens is 1. The molecule has 0 aliphatic heterocycles. The molecule has 0 spiro atoms. The van der Waals surface area contributed by atoms with Crippen LogP contribution in [-0.4, -0.2) is 12.6 Å². The fourth-order valence-electron chi connectivity index (χ4n) is 1.10. The van der Waals surface area contributed by atoms with Gasteiger partial charge < -0.3 is 11.5 Å². The molecule has 0 heterocycles. The summed E-state index contributed by atoms with van der Waals surface area (Å²) < 4.78 is 12.0. The Hall–Kier alpha value is -1.58. The second-order valence-electron chi connectivity index (χ2n) is 3.00. The van der Waals surface area contributed by atoms with Gasteiger partial charge in [-0.25, -0.2) is 4.99 Å². The van der Waals surface area contributed by atoms with Gasteiger partial charge in [0.2, 0.25) is 0 Å². The van der Waals surface area contributed by atoms with E-state index in [0.717, 1.165) is 11.1 Å².